The average Bonchev–Trinajstić information content (AvgIpc) is 2.89. The zero-order chi connectivity index (χ0) is 14.7. The molecule has 6 nitrogen and oxygen atoms in total. The molecule has 1 unspecified atom stereocenters. The van der Waals surface area contributed by atoms with Crippen LogP contribution in [0, 0.1) is 0 Å². The SMILES string of the molecule is NC(=O)C1CCCN1C(=O)/C=C/c1cc(N)ccc1O. The molecule has 20 heavy (non-hydrogen) atoms. The summed E-state index contributed by atoms with van der Waals surface area (Å²) in [5.74, 6) is -0.750. The molecule has 1 aromatic carbocycles. The Bertz CT molecular complexity index is 569. The highest BCUT2D eigenvalue weighted by molar-refractivity contribution is 5.96. The minimum atomic E-state index is -0.540. The fourth-order valence-electron chi connectivity index (χ4n) is 2.29. The van der Waals surface area contributed by atoms with Crippen molar-refractivity contribution in [1.29, 1.82) is 0 Å². The van der Waals surface area contributed by atoms with Crippen LogP contribution in [0.1, 0.15) is 18.4 Å². The molecule has 1 fully saturated rings. The van der Waals surface area contributed by atoms with Gasteiger partial charge in [0.05, 0.1) is 0 Å². The standard InChI is InChI=1S/C14H17N3O3/c15-10-4-5-12(18)9(8-10)3-6-13(19)17-7-1-2-11(17)14(16)20/h3-6,8,11,18H,1-2,7,15H2,(H2,16,20)/b6-3+. The van der Waals surface area contributed by atoms with Crippen LogP contribution in [0.15, 0.2) is 24.3 Å². The van der Waals surface area contributed by atoms with Gasteiger partial charge in [0, 0.05) is 23.9 Å². The van der Waals surface area contributed by atoms with Gasteiger partial charge in [-0.2, -0.15) is 0 Å². The Balaban J connectivity index is 2.13. The molecule has 0 aliphatic carbocycles. The Labute approximate surface area is 116 Å². The summed E-state index contributed by atoms with van der Waals surface area (Å²) in [7, 11) is 0. The summed E-state index contributed by atoms with van der Waals surface area (Å²) < 4.78 is 0. The Kier molecular flexibility index (Phi) is 3.93. The largest absolute Gasteiger partial charge is 0.507 e. The first-order chi connectivity index (χ1) is 9.49. The van der Waals surface area contributed by atoms with E-state index in [2.05, 4.69) is 0 Å². The molecule has 1 aromatic rings. The van der Waals surface area contributed by atoms with E-state index in [4.69, 9.17) is 11.5 Å². The lowest BCUT2D eigenvalue weighted by molar-refractivity contribution is -0.133. The summed E-state index contributed by atoms with van der Waals surface area (Å²) in [4.78, 5) is 24.7. The number of nitrogens with zero attached hydrogens (tertiary/aromatic N) is 1. The van der Waals surface area contributed by atoms with Gasteiger partial charge in [0.2, 0.25) is 11.8 Å². The van der Waals surface area contributed by atoms with Crippen LogP contribution < -0.4 is 11.5 Å². The van der Waals surface area contributed by atoms with Gasteiger partial charge in [-0.15, -0.1) is 0 Å². The van der Waals surface area contributed by atoms with Gasteiger partial charge in [0.1, 0.15) is 11.8 Å². The Morgan fingerprint density at radius 3 is 2.85 bits per heavy atom. The second-order valence-electron chi connectivity index (χ2n) is 4.74. The molecule has 2 rings (SSSR count). The first-order valence-electron chi connectivity index (χ1n) is 6.35. The number of phenols is 1. The predicted octanol–water partition coefficient (Wildman–Crippen LogP) is 0.464. The van der Waals surface area contributed by atoms with Crippen LogP contribution >= 0.6 is 0 Å². The van der Waals surface area contributed by atoms with E-state index < -0.39 is 11.9 Å². The summed E-state index contributed by atoms with van der Waals surface area (Å²) >= 11 is 0. The maximum Gasteiger partial charge on any atom is 0.247 e. The molecule has 0 radical (unpaired) electrons. The van der Waals surface area contributed by atoms with E-state index in [0.717, 1.165) is 6.42 Å². The highest BCUT2D eigenvalue weighted by atomic mass is 16.3. The number of benzene rings is 1. The minimum Gasteiger partial charge on any atom is -0.507 e. The molecule has 106 valence electrons. The van der Waals surface area contributed by atoms with Crippen molar-refractivity contribution in [2.24, 2.45) is 5.73 Å². The quantitative estimate of drug-likeness (QED) is 0.423. The molecule has 0 spiro atoms. The van der Waals surface area contributed by atoms with Crippen molar-refractivity contribution >= 4 is 23.6 Å². The van der Waals surface area contributed by atoms with Crippen LogP contribution in [0.4, 0.5) is 5.69 Å². The van der Waals surface area contributed by atoms with Gasteiger partial charge in [-0.05, 0) is 37.1 Å². The van der Waals surface area contributed by atoms with E-state index in [1.165, 1.54) is 23.1 Å². The molecule has 1 heterocycles. The molecule has 6 heteroatoms. The summed E-state index contributed by atoms with van der Waals surface area (Å²) in [5.41, 5.74) is 11.8. The first kappa shape index (κ1) is 13.9. The number of hydrogen-bond donors (Lipinski definition) is 3. The number of nitrogens with two attached hydrogens (primary N) is 2. The van der Waals surface area contributed by atoms with Gasteiger partial charge < -0.3 is 21.5 Å². The molecule has 1 aliphatic heterocycles. The molecule has 2 amide bonds. The molecule has 0 bridgehead atoms. The fourth-order valence-corrected chi connectivity index (χ4v) is 2.29. The van der Waals surface area contributed by atoms with Crippen LogP contribution in [-0.2, 0) is 9.59 Å². The van der Waals surface area contributed by atoms with Crippen LogP contribution in [-0.4, -0.2) is 34.4 Å². The highest BCUT2D eigenvalue weighted by Gasteiger charge is 2.31. The topological polar surface area (TPSA) is 110 Å². The van der Waals surface area contributed by atoms with Gasteiger partial charge in [-0.3, -0.25) is 9.59 Å². The molecule has 1 aliphatic rings. The van der Waals surface area contributed by atoms with E-state index in [1.807, 2.05) is 0 Å². The molecule has 1 saturated heterocycles. The smallest absolute Gasteiger partial charge is 0.247 e. The molecule has 5 N–H and O–H groups in total. The second kappa shape index (κ2) is 5.64. The van der Waals surface area contributed by atoms with Crippen LogP contribution in [0.3, 0.4) is 0 Å². The Morgan fingerprint density at radius 2 is 2.15 bits per heavy atom. The van der Waals surface area contributed by atoms with Crippen molar-refractivity contribution in [3.05, 3.63) is 29.8 Å². The van der Waals surface area contributed by atoms with Crippen molar-refractivity contribution in [2.45, 2.75) is 18.9 Å². The van der Waals surface area contributed by atoms with E-state index in [1.54, 1.807) is 12.1 Å². The number of likely N-dealkylation sites (tertiary alicyclic amines) is 1. The summed E-state index contributed by atoms with van der Waals surface area (Å²) in [6, 6.07) is 4.05. The van der Waals surface area contributed by atoms with E-state index >= 15 is 0 Å². The van der Waals surface area contributed by atoms with Gasteiger partial charge in [0.25, 0.3) is 0 Å². The zero-order valence-electron chi connectivity index (χ0n) is 11.0. The van der Waals surface area contributed by atoms with Gasteiger partial charge in [-0.1, -0.05) is 0 Å². The van der Waals surface area contributed by atoms with Crippen molar-refractivity contribution in [2.75, 3.05) is 12.3 Å². The number of nitrogen functional groups attached to an aromatic ring is 1. The number of carbonyl (C=O) groups is 2. The lowest BCUT2D eigenvalue weighted by atomic mass is 10.1. The molecular weight excluding hydrogens is 258 g/mol. The third kappa shape index (κ3) is 2.90. The Hall–Kier alpha value is -2.50. The van der Waals surface area contributed by atoms with Crippen LogP contribution in [0.25, 0.3) is 6.08 Å². The summed E-state index contributed by atoms with van der Waals surface area (Å²) in [6.45, 7) is 0.514. The van der Waals surface area contributed by atoms with Crippen LogP contribution in [0.5, 0.6) is 5.75 Å². The first-order valence-corrected chi connectivity index (χ1v) is 6.35. The van der Waals surface area contributed by atoms with Crippen molar-refractivity contribution < 1.29 is 14.7 Å². The maximum atomic E-state index is 12.0. The monoisotopic (exact) mass is 275 g/mol. The van der Waals surface area contributed by atoms with Gasteiger partial charge in [-0.25, -0.2) is 0 Å². The maximum absolute atomic E-state index is 12.0. The number of rotatable bonds is 3. The van der Waals surface area contributed by atoms with E-state index in [0.29, 0.717) is 24.2 Å². The third-order valence-corrected chi connectivity index (χ3v) is 3.32. The lowest BCUT2D eigenvalue weighted by Gasteiger charge is -2.20. The van der Waals surface area contributed by atoms with Gasteiger partial charge in [0.15, 0.2) is 0 Å². The van der Waals surface area contributed by atoms with Crippen molar-refractivity contribution in [3.63, 3.8) is 0 Å². The van der Waals surface area contributed by atoms with Crippen molar-refractivity contribution in [1.82, 2.24) is 4.90 Å². The highest BCUT2D eigenvalue weighted by Crippen LogP contribution is 2.22. The number of phenolic OH excluding ortho intramolecular Hbond substituents is 1. The van der Waals surface area contributed by atoms with E-state index in [-0.39, 0.29) is 11.7 Å². The number of anilines is 1. The predicted molar refractivity (Wildman–Crippen MR) is 75.5 cm³/mol. The van der Waals surface area contributed by atoms with Crippen molar-refractivity contribution in [3.8, 4) is 5.75 Å². The number of amides is 2. The number of carbonyl (C=O) groups excluding carboxylic acids is 2. The summed E-state index contributed by atoms with van der Waals surface area (Å²) in [6.07, 6.45) is 4.15. The fraction of sp³-hybridized carbons (Fsp3) is 0.286. The lowest BCUT2D eigenvalue weighted by Crippen LogP contribution is -2.43. The average molecular weight is 275 g/mol. The third-order valence-electron chi connectivity index (χ3n) is 3.32. The normalized spacial score (nSPS) is 18.6. The second-order valence-corrected chi connectivity index (χ2v) is 4.74. The molecule has 0 aromatic heterocycles. The number of aromatic hydroxyl groups is 1. The molecule has 1 atom stereocenters. The van der Waals surface area contributed by atoms with Gasteiger partial charge >= 0.3 is 0 Å². The molecular formula is C14H17N3O3. The summed E-state index contributed by atoms with van der Waals surface area (Å²) in [5, 5.41) is 9.65. The molecule has 0 saturated carbocycles. The minimum absolute atomic E-state index is 0.0381. The van der Waals surface area contributed by atoms with E-state index in [9.17, 15) is 14.7 Å². The van der Waals surface area contributed by atoms with Crippen LogP contribution in [0.2, 0.25) is 0 Å². The zero-order valence-corrected chi connectivity index (χ0v) is 11.0. The number of primary amides is 1. The Morgan fingerprint density at radius 1 is 1.40 bits per heavy atom. The number of hydrogen-bond acceptors (Lipinski definition) is 4.